The molecule has 0 aliphatic heterocycles. The number of pyridine rings is 1. The van der Waals surface area contributed by atoms with Gasteiger partial charge in [0.2, 0.25) is 0 Å². The van der Waals surface area contributed by atoms with Crippen LogP contribution in [0.2, 0.25) is 0 Å². The molecule has 0 saturated heterocycles. The molecule has 2 aromatic rings. The normalized spacial score (nSPS) is 12.2. The van der Waals surface area contributed by atoms with Crippen LogP contribution < -0.4 is 4.74 Å². The average Bonchev–Trinajstić information content (AvgIpc) is 2.42. The SMILES string of the molecule is CC[C@H](O)c1ccc(Oc2ccc(Br)cc2Br)cn1. The quantitative estimate of drug-likeness (QED) is 0.817. The van der Waals surface area contributed by atoms with E-state index in [1.807, 2.05) is 25.1 Å². The molecular formula is C14H13Br2NO2. The van der Waals surface area contributed by atoms with Crippen LogP contribution >= 0.6 is 31.9 Å². The lowest BCUT2D eigenvalue weighted by atomic mass is 10.2. The first-order valence-corrected chi connectivity index (χ1v) is 7.45. The summed E-state index contributed by atoms with van der Waals surface area (Å²) in [6.07, 6.45) is 1.74. The van der Waals surface area contributed by atoms with Crippen LogP contribution in [-0.4, -0.2) is 10.1 Å². The molecule has 19 heavy (non-hydrogen) atoms. The van der Waals surface area contributed by atoms with Crippen LogP contribution in [0.25, 0.3) is 0 Å². The first-order valence-electron chi connectivity index (χ1n) is 5.87. The molecule has 0 spiro atoms. The van der Waals surface area contributed by atoms with Gasteiger partial charge in [-0.2, -0.15) is 0 Å². The van der Waals surface area contributed by atoms with Crippen LogP contribution in [0.3, 0.4) is 0 Å². The number of aliphatic hydroxyl groups is 1. The van der Waals surface area contributed by atoms with Gasteiger partial charge in [-0.25, -0.2) is 0 Å². The molecule has 1 aromatic carbocycles. The van der Waals surface area contributed by atoms with Crippen molar-refractivity contribution in [3.63, 3.8) is 0 Å². The van der Waals surface area contributed by atoms with E-state index in [0.29, 0.717) is 23.6 Å². The minimum atomic E-state index is -0.520. The molecule has 2 rings (SSSR count). The molecule has 0 aliphatic carbocycles. The zero-order valence-electron chi connectivity index (χ0n) is 10.3. The molecule has 3 nitrogen and oxygen atoms in total. The third kappa shape index (κ3) is 3.78. The summed E-state index contributed by atoms with van der Waals surface area (Å²) in [6.45, 7) is 1.91. The topological polar surface area (TPSA) is 42.4 Å². The van der Waals surface area contributed by atoms with Gasteiger partial charge < -0.3 is 9.84 Å². The number of hydrogen-bond donors (Lipinski definition) is 1. The maximum atomic E-state index is 9.67. The molecule has 1 N–H and O–H groups in total. The Morgan fingerprint density at radius 3 is 2.63 bits per heavy atom. The highest BCUT2D eigenvalue weighted by Gasteiger charge is 2.07. The van der Waals surface area contributed by atoms with E-state index in [-0.39, 0.29) is 0 Å². The first kappa shape index (κ1) is 14.5. The monoisotopic (exact) mass is 385 g/mol. The maximum absolute atomic E-state index is 9.67. The van der Waals surface area contributed by atoms with Crippen molar-refractivity contribution >= 4 is 31.9 Å². The van der Waals surface area contributed by atoms with Gasteiger partial charge in [-0.3, -0.25) is 4.98 Å². The minimum absolute atomic E-state index is 0.520. The Balaban J connectivity index is 2.15. The minimum Gasteiger partial charge on any atom is -0.455 e. The Hall–Kier alpha value is -0.910. The van der Waals surface area contributed by atoms with Crippen molar-refractivity contribution in [1.82, 2.24) is 4.98 Å². The second-order valence-corrected chi connectivity index (χ2v) is 5.79. The van der Waals surface area contributed by atoms with Crippen LogP contribution in [0.1, 0.15) is 25.1 Å². The summed E-state index contributed by atoms with van der Waals surface area (Å²) in [6, 6.07) is 9.26. The highest BCUT2D eigenvalue weighted by Crippen LogP contribution is 2.32. The van der Waals surface area contributed by atoms with Crippen LogP contribution in [0, 0.1) is 0 Å². The molecule has 1 aromatic heterocycles. The van der Waals surface area contributed by atoms with E-state index >= 15 is 0 Å². The molecule has 0 fully saturated rings. The highest BCUT2D eigenvalue weighted by molar-refractivity contribution is 9.11. The lowest BCUT2D eigenvalue weighted by Gasteiger charge is -2.10. The second-order valence-electron chi connectivity index (χ2n) is 4.02. The molecule has 0 radical (unpaired) electrons. The Morgan fingerprint density at radius 1 is 1.26 bits per heavy atom. The third-order valence-electron chi connectivity index (χ3n) is 2.61. The standard InChI is InChI=1S/C14H13Br2NO2/c1-2-13(18)12-5-4-10(8-17-12)19-14-6-3-9(15)7-11(14)16/h3-8,13,18H,2H2,1H3/t13-/m0/s1. The number of aromatic nitrogens is 1. The van der Waals surface area contributed by atoms with Crippen molar-refractivity contribution in [3.05, 3.63) is 51.2 Å². The molecule has 0 aliphatic rings. The number of rotatable bonds is 4. The number of halogens is 2. The van der Waals surface area contributed by atoms with Gasteiger partial charge in [0.25, 0.3) is 0 Å². The lowest BCUT2D eigenvalue weighted by Crippen LogP contribution is -1.98. The molecule has 0 saturated carbocycles. The Labute approximate surface area is 128 Å². The molecule has 1 heterocycles. The van der Waals surface area contributed by atoms with Crippen LogP contribution in [0.15, 0.2) is 45.5 Å². The lowest BCUT2D eigenvalue weighted by molar-refractivity contribution is 0.169. The summed E-state index contributed by atoms with van der Waals surface area (Å²) in [5.41, 5.74) is 0.657. The van der Waals surface area contributed by atoms with Gasteiger partial charge in [-0.15, -0.1) is 0 Å². The molecule has 5 heteroatoms. The first-order chi connectivity index (χ1) is 9.10. The van der Waals surface area contributed by atoms with Gasteiger partial charge in [0.1, 0.15) is 11.5 Å². The Kier molecular flexibility index (Phi) is 4.96. The van der Waals surface area contributed by atoms with Crippen molar-refractivity contribution in [2.24, 2.45) is 0 Å². The highest BCUT2D eigenvalue weighted by atomic mass is 79.9. The van der Waals surface area contributed by atoms with E-state index < -0.39 is 6.10 Å². The van der Waals surface area contributed by atoms with Crippen LogP contribution in [-0.2, 0) is 0 Å². The van der Waals surface area contributed by atoms with E-state index in [2.05, 4.69) is 36.8 Å². The smallest absolute Gasteiger partial charge is 0.145 e. The summed E-state index contributed by atoms with van der Waals surface area (Å²) in [4.78, 5) is 4.19. The summed E-state index contributed by atoms with van der Waals surface area (Å²) in [5, 5.41) is 9.67. The fourth-order valence-corrected chi connectivity index (χ4v) is 2.67. The number of ether oxygens (including phenoxy) is 1. The zero-order valence-corrected chi connectivity index (χ0v) is 13.5. The van der Waals surface area contributed by atoms with E-state index in [1.54, 1.807) is 18.3 Å². The Morgan fingerprint density at radius 2 is 2.05 bits per heavy atom. The van der Waals surface area contributed by atoms with Crippen LogP contribution in [0.5, 0.6) is 11.5 Å². The third-order valence-corrected chi connectivity index (χ3v) is 3.72. The Bertz CT molecular complexity index is 558. The molecule has 0 amide bonds. The van der Waals surface area contributed by atoms with Crippen molar-refractivity contribution in [3.8, 4) is 11.5 Å². The molecule has 1 atom stereocenters. The molecular weight excluding hydrogens is 374 g/mol. The summed E-state index contributed by atoms with van der Waals surface area (Å²) in [5.74, 6) is 1.35. The summed E-state index contributed by atoms with van der Waals surface area (Å²) >= 11 is 6.83. The molecule has 0 bridgehead atoms. The van der Waals surface area contributed by atoms with Crippen molar-refractivity contribution in [2.45, 2.75) is 19.4 Å². The maximum Gasteiger partial charge on any atom is 0.145 e. The van der Waals surface area contributed by atoms with Crippen molar-refractivity contribution in [2.75, 3.05) is 0 Å². The zero-order chi connectivity index (χ0) is 13.8. The fourth-order valence-electron chi connectivity index (χ4n) is 1.54. The largest absolute Gasteiger partial charge is 0.455 e. The van der Waals surface area contributed by atoms with Gasteiger partial charge in [0.05, 0.1) is 22.5 Å². The fraction of sp³-hybridized carbons (Fsp3) is 0.214. The van der Waals surface area contributed by atoms with Gasteiger partial charge in [-0.05, 0) is 52.7 Å². The van der Waals surface area contributed by atoms with Crippen molar-refractivity contribution in [1.29, 1.82) is 0 Å². The van der Waals surface area contributed by atoms with E-state index in [0.717, 1.165) is 8.95 Å². The summed E-state index contributed by atoms with van der Waals surface area (Å²) in [7, 11) is 0. The van der Waals surface area contributed by atoms with Gasteiger partial charge in [0.15, 0.2) is 0 Å². The number of benzene rings is 1. The van der Waals surface area contributed by atoms with Gasteiger partial charge in [-0.1, -0.05) is 22.9 Å². The van der Waals surface area contributed by atoms with Gasteiger partial charge >= 0.3 is 0 Å². The predicted molar refractivity (Wildman–Crippen MR) is 81.4 cm³/mol. The van der Waals surface area contributed by atoms with E-state index in [4.69, 9.17) is 4.74 Å². The second kappa shape index (κ2) is 6.50. The number of aliphatic hydroxyl groups excluding tert-OH is 1. The summed E-state index contributed by atoms with van der Waals surface area (Å²) < 4.78 is 7.56. The predicted octanol–water partition coefficient (Wildman–Crippen LogP) is 4.84. The average molecular weight is 387 g/mol. The van der Waals surface area contributed by atoms with Gasteiger partial charge in [0, 0.05) is 4.47 Å². The molecule has 0 unspecified atom stereocenters. The molecule has 100 valence electrons. The number of hydrogen-bond acceptors (Lipinski definition) is 3. The van der Waals surface area contributed by atoms with E-state index in [1.165, 1.54) is 0 Å². The number of nitrogens with zero attached hydrogens (tertiary/aromatic N) is 1. The van der Waals surface area contributed by atoms with Crippen LogP contribution in [0.4, 0.5) is 0 Å². The van der Waals surface area contributed by atoms with Crippen molar-refractivity contribution < 1.29 is 9.84 Å². The van der Waals surface area contributed by atoms with E-state index in [9.17, 15) is 5.11 Å².